The van der Waals surface area contributed by atoms with Gasteiger partial charge in [0, 0.05) is 59.2 Å². The maximum Gasteiger partial charge on any atom is 0.291 e. The zero-order valence-corrected chi connectivity index (χ0v) is 24.9. The molecule has 0 aliphatic carbocycles. The van der Waals surface area contributed by atoms with Crippen LogP contribution in [0.15, 0.2) is 71.8 Å². The summed E-state index contributed by atoms with van der Waals surface area (Å²) in [5.74, 6) is 0.147. The Morgan fingerprint density at radius 3 is 2.36 bits per heavy atom. The number of rotatable bonds is 6. The van der Waals surface area contributed by atoms with Gasteiger partial charge in [-0.15, -0.1) is 0 Å². The average molecular weight is 587 g/mol. The molecule has 3 heterocycles. The first-order chi connectivity index (χ1) is 19.9. The predicted octanol–water partition coefficient (Wildman–Crippen LogP) is 4.67. The van der Waals surface area contributed by atoms with E-state index >= 15 is 0 Å². The van der Waals surface area contributed by atoms with Gasteiger partial charge in [-0.2, -0.15) is 0 Å². The van der Waals surface area contributed by atoms with Crippen molar-refractivity contribution < 1.29 is 13.2 Å². The molecule has 4 aromatic rings. The fraction of sp³-hybridized carbons (Fsp3) is 0.290. The minimum Gasteiger partial charge on any atom is -0.369 e. The SMILES string of the molecule is Cc1c(NC(=O)c2ccc(C(C)(C)C)nc2)cccc1-c1c[nH]c(=O)c(Nc2ccc(N3CCS(=O)(=O)CC3)cc2)n1. The maximum atomic E-state index is 13.0. The third-order valence-corrected chi connectivity index (χ3v) is 8.89. The first-order valence-electron chi connectivity index (χ1n) is 13.7. The van der Waals surface area contributed by atoms with Gasteiger partial charge in [-0.05, 0) is 55.0 Å². The molecule has 1 fully saturated rings. The number of carbonyl (C=O) groups is 1. The summed E-state index contributed by atoms with van der Waals surface area (Å²) >= 11 is 0. The molecule has 0 radical (unpaired) electrons. The van der Waals surface area contributed by atoms with E-state index < -0.39 is 9.84 Å². The lowest BCUT2D eigenvalue weighted by molar-refractivity contribution is 0.102. The second-order valence-electron chi connectivity index (χ2n) is 11.4. The van der Waals surface area contributed by atoms with Crippen LogP contribution in [-0.4, -0.2) is 53.9 Å². The minimum absolute atomic E-state index is 0.110. The number of hydrogen-bond acceptors (Lipinski definition) is 8. The lowest BCUT2D eigenvalue weighted by atomic mass is 9.91. The highest BCUT2D eigenvalue weighted by molar-refractivity contribution is 7.91. The van der Waals surface area contributed by atoms with Crippen molar-refractivity contribution in [2.24, 2.45) is 0 Å². The molecule has 0 unspecified atom stereocenters. The molecule has 10 nitrogen and oxygen atoms in total. The number of aromatic amines is 1. The molecule has 2 aromatic heterocycles. The summed E-state index contributed by atoms with van der Waals surface area (Å²) in [7, 11) is -2.96. The molecule has 11 heteroatoms. The second-order valence-corrected chi connectivity index (χ2v) is 13.7. The zero-order chi connectivity index (χ0) is 30.1. The van der Waals surface area contributed by atoms with Crippen molar-refractivity contribution in [3.05, 3.63) is 94.2 Å². The van der Waals surface area contributed by atoms with E-state index in [1.807, 2.05) is 60.4 Å². The maximum absolute atomic E-state index is 13.0. The van der Waals surface area contributed by atoms with Crippen molar-refractivity contribution in [2.75, 3.05) is 40.1 Å². The third-order valence-electron chi connectivity index (χ3n) is 7.28. The summed E-state index contributed by atoms with van der Waals surface area (Å²) in [4.78, 5) is 39.4. The Bertz CT molecular complexity index is 1760. The van der Waals surface area contributed by atoms with Gasteiger partial charge < -0.3 is 20.5 Å². The number of benzene rings is 2. The summed E-state index contributed by atoms with van der Waals surface area (Å²) in [6.07, 6.45) is 3.13. The van der Waals surface area contributed by atoms with Crippen molar-refractivity contribution in [2.45, 2.75) is 33.1 Å². The van der Waals surface area contributed by atoms with Crippen molar-refractivity contribution in [3.8, 4) is 11.3 Å². The van der Waals surface area contributed by atoms with Gasteiger partial charge in [-0.25, -0.2) is 13.4 Å². The van der Waals surface area contributed by atoms with Crippen molar-refractivity contribution >= 4 is 38.6 Å². The molecule has 0 bridgehead atoms. The fourth-order valence-electron chi connectivity index (χ4n) is 4.71. The summed E-state index contributed by atoms with van der Waals surface area (Å²) in [5.41, 5.74) is 5.17. The molecule has 5 rings (SSSR count). The standard InChI is InChI=1S/C31H34N6O4S/c1-20-24(6-5-7-25(20)36-29(38)21-8-13-27(32-18-21)31(2,3)4)26-19-33-30(39)28(35-26)34-22-9-11-23(12-10-22)37-14-16-42(40,41)17-15-37/h5-13,18-19H,14-17H2,1-4H3,(H,33,39)(H,34,35)(H,36,38). The fourth-order valence-corrected chi connectivity index (χ4v) is 5.91. The van der Waals surface area contributed by atoms with Crippen LogP contribution in [-0.2, 0) is 15.3 Å². The van der Waals surface area contributed by atoms with E-state index in [9.17, 15) is 18.0 Å². The van der Waals surface area contributed by atoms with Crippen LogP contribution < -0.4 is 21.1 Å². The molecular formula is C31H34N6O4S. The Morgan fingerprint density at radius 1 is 1.00 bits per heavy atom. The van der Waals surface area contributed by atoms with Gasteiger partial charge in [0.2, 0.25) is 0 Å². The summed E-state index contributed by atoms with van der Waals surface area (Å²) in [6, 6.07) is 16.6. The van der Waals surface area contributed by atoms with Crippen molar-refractivity contribution in [1.82, 2.24) is 15.0 Å². The number of anilines is 4. The topological polar surface area (TPSA) is 137 Å². The molecule has 1 saturated heterocycles. The van der Waals surface area contributed by atoms with Crippen LogP contribution in [0.2, 0.25) is 0 Å². The van der Waals surface area contributed by atoms with Crippen molar-refractivity contribution in [1.29, 1.82) is 0 Å². The third kappa shape index (κ3) is 6.52. The quantitative estimate of drug-likeness (QED) is 0.297. The van der Waals surface area contributed by atoms with Gasteiger partial charge in [0.15, 0.2) is 15.7 Å². The molecule has 42 heavy (non-hydrogen) atoms. The highest BCUT2D eigenvalue weighted by Crippen LogP contribution is 2.28. The van der Waals surface area contributed by atoms with Crippen LogP contribution in [0.1, 0.15) is 42.4 Å². The summed E-state index contributed by atoms with van der Waals surface area (Å²) in [5, 5.41) is 6.05. The lowest BCUT2D eigenvalue weighted by Crippen LogP contribution is -2.40. The van der Waals surface area contributed by atoms with Gasteiger partial charge in [-0.1, -0.05) is 32.9 Å². The second kappa shape index (κ2) is 11.4. The van der Waals surface area contributed by atoms with E-state index in [-0.39, 0.29) is 34.2 Å². The molecule has 1 aliphatic rings. The van der Waals surface area contributed by atoms with E-state index in [2.05, 4.69) is 46.4 Å². The van der Waals surface area contributed by atoms with Crippen LogP contribution in [0.25, 0.3) is 11.3 Å². The predicted molar refractivity (Wildman–Crippen MR) is 167 cm³/mol. The molecule has 1 amide bonds. The number of sulfone groups is 1. The van der Waals surface area contributed by atoms with Crippen LogP contribution in [0.3, 0.4) is 0 Å². The Balaban J connectivity index is 1.32. The number of pyridine rings is 1. The minimum atomic E-state index is -2.96. The summed E-state index contributed by atoms with van der Waals surface area (Å²) in [6.45, 7) is 9.00. The number of nitrogens with zero attached hydrogens (tertiary/aromatic N) is 3. The monoisotopic (exact) mass is 586 g/mol. The first-order valence-corrected chi connectivity index (χ1v) is 15.5. The number of hydrogen-bond donors (Lipinski definition) is 3. The lowest BCUT2D eigenvalue weighted by Gasteiger charge is -2.28. The molecule has 0 spiro atoms. The molecule has 218 valence electrons. The number of carbonyl (C=O) groups excluding carboxylic acids is 1. The first kappa shape index (κ1) is 29.0. The Hall–Kier alpha value is -4.51. The van der Waals surface area contributed by atoms with Gasteiger partial charge in [0.05, 0.1) is 22.8 Å². The van der Waals surface area contributed by atoms with E-state index in [1.165, 1.54) is 0 Å². The number of aromatic nitrogens is 3. The molecule has 0 atom stereocenters. The normalized spacial score (nSPS) is 14.8. The molecule has 1 aliphatic heterocycles. The highest BCUT2D eigenvalue weighted by atomic mass is 32.2. The largest absolute Gasteiger partial charge is 0.369 e. The van der Waals surface area contributed by atoms with Crippen molar-refractivity contribution in [3.63, 3.8) is 0 Å². The zero-order valence-electron chi connectivity index (χ0n) is 24.1. The van der Waals surface area contributed by atoms with Crippen LogP contribution in [0, 0.1) is 6.92 Å². The number of nitrogens with one attached hydrogen (secondary N) is 3. The summed E-state index contributed by atoms with van der Waals surface area (Å²) < 4.78 is 23.5. The average Bonchev–Trinajstić information content (AvgIpc) is 2.95. The van der Waals surface area contributed by atoms with Gasteiger partial charge in [-0.3, -0.25) is 14.6 Å². The van der Waals surface area contributed by atoms with E-state index in [4.69, 9.17) is 0 Å². The molecule has 0 saturated carbocycles. The Labute approximate surface area is 245 Å². The van der Waals surface area contributed by atoms with Gasteiger partial charge in [0.25, 0.3) is 11.5 Å². The van der Waals surface area contributed by atoms with Gasteiger partial charge >= 0.3 is 0 Å². The molecule has 3 N–H and O–H groups in total. The van der Waals surface area contributed by atoms with Gasteiger partial charge in [0.1, 0.15) is 0 Å². The Kier molecular flexibility index (Phi) is 7.87. The number of H-pyrrole nitrogens is 1. The molecular weight excluding hydrogens is 552 g/mol. The smallest absolute Gasteiger partial charge is 0.291 e. The van der Waals surface area contributed by atoms with E-state index in [0.717, 1.165) is 22.5 Å². The number of amides is 1. The highest BCUT2D eigenvalue weighted by Gasteiger charge is 2.22. The van der Waals surface area contributed by atoms with Crippen LogP contribution in [0.4, 0.5) is 22.9 Å². The molecule has 2 aromatic carbocycles. The van der Waals surface area contributed by atoms with E-state index in [1.54, 1.807) is 18.5 Å². The van der Waals surface area contributed by atoms with Crippen LogP contribution in [0.5, 0.6) is 0 Å². The Morgan fingerprint density at radius 2 is 1.71 bits per heavy atom. The van der Waals surface area contributed by atoms with Crippen LogP contribution >= 0.6 is 0 Å². The van der Waals surface area contributed by atoms with E-state index in [0.29, 0.717) is 35.7 Å².